The molecule has 82 valence electrons. The van der Waals surface area contributed by atoms with Crippen molar-refractivity contribution in [3.8, 4) is 5.88 Å². The summed E-state index contributed by atoms with van der Waals surface area (Å²) in [6.45, 7) is 2.27. The van der Waals surface area contributed by atoms with Crippen LogP contribution in [-0.4, -0.2) is 35.9 Å². The zero-order valence-electron chi connectivity index (χ0n) is 8.73. The van der Waals surface area contributed by atoms with Crippen molar-refractivity contribution in [2.24, 2.45) is 5.73 Å². The topological polar surface area (TPSA) is 94.1 Å². The number of nitrogens with one attached hydrogen (secondary N) is 1. The Morgan fingerprint density at radius 3 is 3.00 bits per heavy atom. The van der Waals surface area contributed by atoms with Crippen LogP contribution in [0.4, 0.5) is 0 Å². The van der Waals surface area contributed by atoms with Crippen molar-refractivity contribution >= 4 is 5.84 Å². The Kier molecular flexibility index (Phi) is 3.99. The predicted octanol–water partition coefficient (Wildman–Crippen LogP) is 0.174. The molecule has 0 aliphatic carbocycles. The molecule has 0 fully saturated rings. The molecule has 1 heterocycles. The van der Waals surface area contributed by atoms with Gasteiger partial charge in [0.25, 0.3) is 0 Å². The van der Waals surface area contributed by atoms with Crippen LogP contribution >= 0.6 is 0 Å². The number of rotatable bonds is 5. The number of nitrogen functional groups attached to an aromatic ring is 1. The lowest BCUT2D eigenvalue weighted by atomic mass is 10.3. The molecule has 3 N–H and O–H groups in total. The molecular weight excluding hydrogens is 196 g/mol. The first-order valence-corrected chi connectivity index (χ1v) is 4.46. The Labute approximate surface area is 87.9 Å². The van der Waals surface area contributed by atoms with Crippen molar-refractivity contribution in [1.82, 2.24) is 10.2 Å². The Balaban J connectivity index is 2.79. The lowest BCUT2D eigenvalue weighted by molar-refractivity contribution is 0.0881. The fraction of sp³-hybridized carbons (Fsp3) is 0.444. The first-order valence-electron chi connectivity index (χ1n) is 4.46. The van der Waals surface area contributed by atoms with Crippen molar-refractivity contribution in [3.05, 3.63) is 17.8 Å². The van der Waals surface area contributed by atoms with Crippen molar-refractivity contribution in [3.63, 3.8) is 0 Å². The molecule has 1 rings (SSSR count). The van der Waals surface area contributed by atoms with E-state index in [0.717, 1.165) is 0 Å². The fourth-order valence-electron chi connectivity index (χ4n) is 1.07. The van der Waals surface area contributed by atoms with Gasteiger partial charge in [-0.05, 0) is 13.0 Å². The minimum Gasteiger partial charge on any atom is -0.471 e. The summed E-state index contributed by atoms with van der Waals surface area (Å²) in [4.78, 5) is 0. The average Bonchev–Trinajstić information content (AvgIpc) is 2.18. The van der Waals surface area contributed by atoms with Crippen molar-refractivity contribution in [2.45, 2.75) is 13.0 Å². The van der Waals surface area contributed by atoms with Crippen LogP contribution in [0.5, 0.6) is 5.88 Å². The minimum absolute atomic E-state index is 0.0930. The molecule has 6 heteroatoms. The molecule has 1 aromatic heterocycles. The summed E-state index contributed by atoms with van der Waals surface area (Å²) in [5, 5.41) is 14.8. The molecule has 0 radical (unpaired) electrons. The van der Waals surface area contributed by atoms with E-state index >= 15 is 0 Å². The number of nitrogens with zero attached hydrogens (tertiary/aromatic N) is 2. The maximum Gasteiger partial charge on any atom is 0.244 e. The van der Waals surface area contributed by atoms with Gasteiger partial charge in [0.15, 0.2) is 0 Å². The second kappa shape index (κ2) is 5.26. The highest BCUT2D eigenvalue weighted by atomic mass is 16.5. The molecule has 0 aliphatic heterocycles. The second-order valence-electron chi connectivity index (χ2n) is 3.05. The number of hydrogen-bond acceptors (Lipinski definition) is 5. The van der Waals surface area contributed by atoms with Crippen LogP contribution in [0, 0.1) is 5.41 Å². The quantitative estimate of drug-likeness (QED) is 0.534. The van der Waals surface area contributed by atoms with Crippen LogP contribution < -0.4 is 10.5 Å². The number of aromatic nitrogens is 2. The zero-order chi connectivity index (χ0) is 11.3. The van der Waals surface area contributed by atoms with Crippen LogP contribution in [-0.2, 0) is 4.74 Å². The van der Waals surface area contributed by atoms with E-state index in [-0.39, 0.29) is 17.8 Å². The van der Waals surface area contributed by atoms with Crippen LogP contribution in [0.15, 0.2) is 12.3 Å². The third kappa shape index (κ3) is 3.17. The number of hydrogen-bond donors (Lipinski definition) is 2. The van der Waals surface area contributed by atoms with Crippen LogP contribution in [0.25, 0.3) is 0 Å². The van der Waals surface area contributed by atoms with Gasteiger partial charge in [0.2, 0.25) is 5.88 Å². The maximum atomic E-state index is 7.32. The Morgan fingerprint density at radius 1 is 1.67 bits per heavy atom. The van der Waals surface area contributed by atoms with E-state index in [0.29, 0.717) is 12.2 Å². The summed E-state index contributed by atoms with van der Waals surface area (Å²) in [5.74, 6) is 0.166. The van der Waals surface area contributed by atoms with Crippen molar-refractivity contribution < 1.29 is 9.47 Å². The first kappa shape index (κ1) is 11.4. The Hall–Kier alpha value is -1.69. The smallest absolute Gasteiger partial charge is 0.244 e. The third-order valence-corrected chi connectivity index (χ3v) is 1.69. The standard InChI is InChI=1S/C9H14N4O2/c1-6(5-14-2)15-9-7(8(10)11)3-4-12-13-9/h3-4,6H,5H2,1-2H3,(H3,10,11). The van der Waals surface area contributed by atoms with Gasteiger partial charge in [0.05, 0.1) is 18.4 Å². The van der Waals surface area contributed by atoms with E-state index < -0.39 is 0 Å². The molecular formula is C9H14N4O2. The van der Waals surface area contributed by atoms with Gasteiger partial charge in [0.1, 0.15) is 11.9 Å². The van der Waals surface area contributed by atoms with Gasteiger partial charge >= 0.3 is 0 Å². The normalized spacial score (nSPS) is 12.1. The molecule has 0 saturated carbocycles. The molecule has 0 saturated heterocycles. The minimum atomic E-state index is -0.162. The van der Waals surface area contributed by atoms with Gasteiger partial charge in [-0.1, -0.05) is 0 Å². The molecule has 1 unspecified atom stereocenters. The number of methoxy groups -OCH3 is 1. The zero-order valence-corrected chi connectivity index (χ0v) is 8.73. The molecule has 0 aromatic carbocycles. The van der Waals surface area contributed by atoms with Crippen LogP contribution in [0.3, 0.4) is 0 Å². The average molecular weight is 210 g/mol. The number of amidine groups is 1. The van der Waals surface area contributed by atoms with Gasteiger partial charge in [-0.2, -0.15) is 5.10 Å². The number of ether oxygens (including phenoxy) is 2. The second-order valence-corrected chi connectivity index (χ2v) is 3.05. The van der Waals surface area contributed by atoms with E-state index in [1.807, 2.05) is 6.92 Å². The largest absolute Gasteiger partial charge is 0.471 e. The molecule has 0 aliphatic rings. The highest BCUT2D eigenvalue weighted by Gasteiger charge is 2.11. The lowest BCUT2D eigenvalue weighted by Gasteiger charge is -2.14. The molecule has 0 amide bonds. The fourth-order valence-corrected chi connectivity index (χ4v) is 1.07. The summed E-state index contributed by atoms with van der Waals surface area (Å²) < 4.78 is 10.3. The first-order chi connectivity index (χ1) is 7.15. The summed E-state index contributed by atoms with van der Waals surface area (Å²) in [7, 11) is 1.59. The van der Waals surface area contributed by atoms with Gasteiger partial charge in [-0.25, -0.2) is 0 Å². The molecule has 6 nitrogen and oxygen atoms in total. The van der Waals surface area contributed by atoms with E-state index in [1.165, 1.54) is 6.20 Å². The van der Waals surface area contributed by atoms with Gasteiger partial charge in [0, 0.05) is 7.11 Å². The lowest BCUT2D eigenvalue weighted by Crippen LogP contribution is -2.22. The van der Waals surface area contributed by atoms with Gasteiger partial charge < -0.3 is 15.2 Å². The van der Waals surface area contributed by atoms with E-state index in [1.54, 1.807) is 13.2 Å². The van der Waals surface area contributed by atoms with E-state index in [4.69, 9.17) is 20.6 Å². The van der Waals surface area contributed by atoms with Crippen molar-refractivity contribution in [2.75, 3.05) is 13.7 Å². The molecule has 1 atom stereocenters. The summed E-state index contributed by atoms with van der Waals surface area (Å²) >= 11 is 0. The summed E-state index contributed by atoms with van der Waals surface area (Å²) in [6.07, 6.45) is 1.30. The third-order valence-electron chi connectivity index (χ3n) is 1.69. The van der Waals surface area contributed by atoms with Gasteiger partial charge in [-0.3, -0.25) is 5.41 Å². The summed E-state index contributed by atoms with van der Waals surface area (Å²) in [6, 6.07) is 1.59. The van der Waals surface area contributed by atoms with Crippen LogP contribution in [0.1, 0.15) is 12.5 Å². The maximum absolute atomic E-state index is 7.32. The molecule has 0 spiro atoms. The van der Waals surface area contributed by atoms with Crippen LogP contribution in [0.2, 0.25) is 0 Å². The molecule has 15 heavy (non-hydrogen) atoms. The highest BCUT2D eigenvalue weighted by Crippen LogP contribution is 2.13. The molecule has 1 aromatic rings. The Morgan fingerprint density at radius 2 is 2.40 bits per heavy atom. The SMILES string of the molecule is COCC(C)Oc1nnccc1C(=N)N. The number of nitrogens with two attached hydrogens (primary N) is 1. The van der Waals surface area contributed by atoms with E-state index in [9.17, 15) is 0 Å². The molecule has 0 bridgehead atoms. The highest BCUT2D eigenvalue weighted by molar-refractivity contribution is 5.96. The van der Waals surface area contributed by atoms with Gasteiger partial charge in [-0.15, -0.1) is 5.10 Å². The Bertz CT molecular complexity index is 343. The monoisotopic (exact) mass is 210 g/mol. The van der Waals surface area contributed by atoms with E-state index in [2.05, 4.69) is 10.2 Å². The van der Waals surface area contributed by atoms with Crippen molar-refractivity contribution in [1.29, 1.82) is 5.41 Å². The summed E-state index contributed by atoms with van der Waals surface area (Å²) in [5.41, 5.74) is 5.81. The predicted molar refractivity (Wildman–Crippen MR) is 55.0 cm³/mol.